The largest absolute Gasteiger partial charge is 0.324 e. The molecule has 0 aromatic carbocycles. The van der Waals surface area contributed by atoms with Crippen molar-refractivity contribution in [1.29, 1.82) is 0 Å². The molecule has 2 aromatic rings. The van der Waals surface area contributed by atoms with Crippen molar-refractivity contribution in [1.82, 2.24) is 14.6 Å². The Balaban J connectivity index is 2.70. The standard InChI is InChI=1S/C8H10N4/c1-6(9)7-5-11-12-4-2-3-10-8(7)12/h2-6H,9H2,1H3. The van der Waals surface area contributed by atoms with Crippen molar-refractivity contribution in [3.05, 3.63) is 30.2 Å². The maximum atomic E-state index is 5.73. The van der Waals surface area contributed by atoms with Gasteiger partial charge in [-0.1, -0.05) is 0 Å². The van der Waals surface area contributed by atoms with E-state index in [1.165, 1.54) is 0 Å². The van der Waals surface area contributed by atoms with Crippen molar-refractivity contribution in [3.8, 4) is 0 Å². The highest BCUT2D eigenvalue weighted by Crippen LogP contribution is 2.13. The van der Waals surface area contributed by atoms with E-state index < -0.39 is 0 Å². The second-order valence-electron chi connectivity index (χ2n) is 2.78. The van der Waals surface area contributed by atoms with E-state index in [9.17, 15) is 0 Å². The molecule has 0 saturated carbocycles. The molecule has 0 amide bonds. The molecule has 2 heterocycles. The zero-order valence-corrected chi connectivity index (χ0v) is 6.81. The lowest BCUT2D eigenvalue weighted by atomic mass is 10.2. The highest BCUT2D eigenvalue weighted by molar-refractivity contribution is 5.47. The molecule has 2 N–H and O–H groups in total. The Labute approximate surface area is 70.0 Å². The van der Waals surface area contributed by atoms with Crippen molar-refractivity contribution in [3.63, 3.8) is 0 Å². The topological polar surface area (TPSA) is 56.2 Å². The summed E-state index contributed by atoms with van der Waals surface area (Å²) >= 11 is 0. The van der Waals surface area contributed by atoms with Crippen LogP contribution in [0.25, 0.3) is 5.65 Å². The molecule has 4 heteroatoms. The Morgan fingerprint density at radius 2 is 2.42 bits per heavy atom. The highest BCUT2D eigenvalue weighted by atomic mass is 15.2. The van der Waals surface area contributed by atoms with Gasteiger partial charge in [-0.2, -0.15) is 5.10 Å². The van der Waals surface area contributed by atoms with Gasteiger partial charge in [-0.25, -0.2) is 9.50 Å². The molecule has 0 aliphatic carbocycles. The Morgan fingerprint density at radius 1 is 1.58 bits per heavy atom. The Kier molecular flexibility index (Phi) is 1.55. The molecular weight excluding hydrogens is 152 g/mol. The predicted octanol–water partition coefficient (Wildman–Crippen LogP) is 0.749. The third-order valence-electron chi connectivity index (χ3n) is 1.80. The maximum Gasteiger partial charge on any atom is 0.159 e. The quantitative estimate of drug-likeness (QED) is 0.673. The average molecular weight is 162 g/mol. The van der Waals surface area contributed by atoms with Crippen LogP contribution in [0.2, 0.25) is 0 Å². The first-order valence-corrected chi connectivity index (χ1v) is 3.83. The first kappa shape index (κ1) is 7.24. The zero-order chi connectivity index (χ0) is 8.55. The molecule has 0 spiro atoms. The summed E-state index contributed by atoms with van der Waals surface area (Å²) in [5, 5.41) is 4.11. The summed E-state index contributed by atoms with van der Waals surface area (Å²) < 4.78 is 1.72. The zero-order valence-electron chi connectivity index (χ0n) is 6.81. The molecule has 0 radical (unpaired) electrons. The third-order valence-corrected chi connectivity index (χ3v) is 1.80. The summed E-state index contributed by atoms with van der Waals surface area (Å²) in [5.41, 5.74) is 7.55. The maximum absolute atomic E-state index is 5.73. The molecule has 0 fully saturated rings. The van der Waals surface area contributed by atoms with Crippen LogP contribution in [-0.4, -0.2) is 14.6 Å². The molecular formula is C8H10N4. The molecule has 62 valence electrons. The monoisotopic (exact) mass is 162 g/mol. The van der Waals surface area contributed by atoms with E-state index in [1.54, 1.807) is 16.9 Å². The van der Waals surface area contributed by atoms with Crippen LogP contribution in [0.3, 0.4) is 0 Å². The number of hydrogen-bond acceptors (Lipinski definition) is 3. The molecule has 1 unspecified atom stereocenters. The van der Waals surface area contributed by atoms with Gasteiger partial charge in [-0.05, 0) is 13.0 Å². The number of rotatable bonds is 1. The fourth-order valence-electron chi connectivity index (χ4n) is 1.17. The summed E-state index contributed by atoms with van der Waals surface area (Å²) in [7, 11) is 0. The van der Waals surface area contributed by atoms with Gasteiger partial charge in [0.15, 0.2) is 5.65 Å². The molecule has 4 nitrogen and oxygen atoms in total. The summed E-state index contributed by atoms with van der Waals surface area (Å²) in [6, 6.07) is 1.82. The summed E-state index contributed by atoms with van der Waals surface area (Å²) in [6.45, 7) is 1.92. The van der Waals surface area contributed by atoms with Gasteiger partial charge in [-0.15, -0.1) is 0 Å². The van der Waals surface area contributed by atoms with Crippen molar-refractivity contribution in [2.75, 3.05) is 0 Å². The second kappa shape index (κ2) is 2.57. The van der Waals surface area contributed by atoms with Gasteiger partial charge in [0.1, 0.15) is 0 Å². The molecule has 2 aromatic heterocycles. The smallest absolute Gasteiger partial charge is 0.159 e. The summed E-state index contributed by atoms with van der Waals surface area (Å²) in [4.78, 5) is 4.18. The van der Waals surface area contributed by atoms with Gasteiger partial charge in [0.05, 0.1) is 6.20 Å². The molecule has 12 heavy (non-hydrogen) atoms. The second-order valence-corrected chi connectivity index (χ2v) is 2.78. The van der Waals surface area contributed by atoms with Crippen LogP contribution in [0.4, 0.5) is 0 Å². The molecule has 2 rings (SSSR count). The van der Waals surface area contributed by atoms with Crippen LogP contribution in [0.15, 0.2) is 24.7 Å². The SMILES string of the molecule is CC(N)c1cnn2cccnc12. The number of nitrogens with zero attached hydrogens (tertiary/aromatic N) is 3. The number of hydrogen-bond donors (Lipinski definition) is 1. The van der Waals surface area contributed by atoms with Gasteiger partial charge < -0.3 is 5.73 Å². The van der Waals surface area contributed by atoms with E-state index >= 15 is 0 Å². The van der Waals surface area contributed by atoms with Crippen LogP contribution in [-0.2, 0) is 0 Å². The minimum Gasteiger partial charge on any atom is -0.324 e. The number of fused-ring (bicyclic) bond motifs is 1. The van der Waals surface area contributed by atoms with Crippen LogP contribution in [0.1, 0.15) is 18.5 Å². The van der Waals surface area contributed by atoms with Gasteiger partial charge in [-0.3, -0.25) is 0 Å². The average Bonchev–Trinajstić information content (AvgIpc) is 2.47. The molecule has 0 saturated heterocycles. The summed E-state index contributed by atoms with van der Waals surface area (Å²) in [6.07, 6.45) is 5.35. The Bertz CT molecular complexity index is 391. The van der Waals surface area contributed by atoms with Crippen molar-refractivity contribution in [2.24, 2.45) is 5.73 Å². The molecule has 0 bridgehead atoms. The summed E-state index contributed by atoms with van der Waals surface area (Å²) in [5.74, 6) is 0. The lowest BCUT2D eigenvalue weighted by Crippen LogP contribution is -2.04. The predicted molar refractivity (Wildman–Crippen MR) is 45.6 cm³/mol. The fraction of sp³-hybridized carbons (Fsp3) is 0.250. The van der Waals surface area contributed by atoms with Gasteiger partial charge in [0.25, 0.3) is 0 Å². The van der Waals surface area contributed by atoms with Crippen LogP contribution in [0, 0.1) is 0 Å². The van der Waals surface area contributed by atoms with Crippen molar-refractivity contribution >= 4 is 5.65 Å². The fourth-order valence-corrected chi connectivity index (χ4v) is 1.17. The van der Waals surface area contributed by atoms with E-state index in [0.29, 0.717) is 0 Å². The molecule has 0 aliphatic heterocycles. The van der Waals surface area contributed by atoms with Crippen LogP contribution in [0.5, 0.6) is 0 Å². The van der Waals surface area contributed by atoms with Gasteiger partial charge in [0, 0.05) is 24.0 Å². The van der Waals surface area contributed by atoms with Crippen LogP contribution >= 0.6 is 0 Å². The minimum atomic E-state index is -0.0163. The van der Waals surface area contributed by atoms with E-state index in [0.717, 1.165) is 11.2 Å². The van der Waals surface area contributed by atoms with E-state index in [4.69, 9.17) is 5.73 Å². The van der Waals surface area contributed by atoms with Crippen LogP contribution < -0.4 is 5.73 Å². The normalized spacial score (nSPS) is 13.5. The lowest BCUT2D eigenvalue weighted by Gasteiger charge is -1.99. The van der Waals surface area contributed by atoms with Crippen molar-refractivity contribution in [2.45, 2.75) is 13.0 Å². The van der Waals surface area contributed by atoms with E-state index in [1.807, 2.05) is 19.2 Å². The van der Waals surface area contributed by atoms with Crippen molar-refractivity contribution < 1.29 is 0 Å². The molecule has 1 atom stereocenters. The highest BCUT2D eigenvalue weighted by Gasteiger charge is 2.07. The van der Waals surface area contributed by atoms with E-state index in [-0.39, 0.29) is 6.04 Å². The number of aromatic nitrogens is 3. The third kappa shape index (κ3) is 0.967. The molecule has 0 aliphatic rings. The van der Waals surface area contributed by atoms with E-state index in [2.05, 4.69) is 10.1 Å². The van der Waals surface area contributed by atoms with Gasteiger partial charge in [0.2, 0.25) is 0 Å². The number of nitrogens with two attached hydrogens (primary N) is 1. The first-order valence-electron chi connectivity index (χ1n) is 3.83. The van der Waals surface area contributed by atoms with Gasteiger partial charge >= 0.3 is 0 Å². The Morgan fingerprint density at radius 3 is 3.17 bits per heavy atom. The lowest BCUT2D eigenvalue weighted by molar-refractivity contribution is 0.823. The minimum absolute atomic E-state index is 0.0163. The first-order chi connectivity index (χ1) is 5.79. The Hall–Kier alpha value is -1.42.